The summed E-state index contributed by atoms with van der Waals surface area (Å²) in [6.45, 7) is 1.23. The molecule has 0 aliphatic carbocycles. The molecule has 0 spiro atoms. The number of hydrogen-bond donors (Lipinski definition) is 3. The number of hydrogen-bond acceptors (Lipinski definition) is 7. The average Bonchev–Trinajstić information content (AvgIpc) is 3.24. The molecule has 2 aromatic heterocycles. The highest BCUT2D eigenvalue weighted by Gasteiger charge is 2.22. The lowest BCUT2D eigenvalue weighted by atomic mass is 10.2. The van der Waals surface area contributed by atoms with Gasteiger partial charge in [-0.05, 0) is 42.0 Å². The summed E-state index contributed by atoms with van der Waals surface area (Å²) in [4.78, 5) is 17.7. The van der Waals surface area contributed by atoms with E-state index in [2.05, 4.69) is 20.3 Å². The van der Waals surface area contributed by atoms with Gasteiger partial charge in [-0.15, -0.1) is 0 Å². The van der Waals surface area contributed by atoms with E-state index in [9.17, 15) is 22.0 Å². The maximum atomic E-state index is 13.7. The van der Waals surface area contributed by atoms with E-state index in [-0.39, 0.29) is 46.0 Å². The van der Waals surface area contributed by atoms with Crippen LogP contribution in [0.2, 0.25) is 5.02 Å². The summed E-state index contributed by atoms with van der Waals surface area (Å²) in [7, 11) is -1.84. The van der Waals surface area contributed by atoms with Crippen LogP contribution in [-0.2, 0) is 23.7 Å². The molecule has 1 fully saturated rings. The van der Waals surface area contributed by atoms with Gasteiger partial charge in [0.25, 0.3) is 5.91 Å². The monoisotopic (exact) mass is 617 g/mol. The van der Waals surface area contributed by atoms with Gasteiger partial charge in [0.05, 0.1) is 29.4 Å². The second-order valence-electron chi connectivity index (χ2n) is 9.76. The van der Waals surface area contributed by atoms with Gasteiger partial charge in [-0.2, -0.15) is 0 Å². The van der Waals surface area contributed by atoms with E-state index in [0.717, 1.165) is 12.3 Å². The topological polar surface area (TPSA) is 124 Å². The molecule has 0 atom stereocenters. The van der Waals surface area contributed by atoms with Crippen molar-refractivity contribution in [2.75, 3.05) is 29.4 Å². The summed E-state index contributed by atoms with van der Waals surface area (Å²) in [6, 6.07) is 10.7. The van der Waals surface area contributed by atoms with Crippen LogP contribution in [0.15, 0.2) is 60.9 Å². The fraction of sp³-hybridized carbons (Fsp3) is 0.214. The zero-order chi connectivity index (χ0) is 30.0. The minimum Gasteiger partial charge on any atom is -0.486 e. The van der Waals surface area contributed by atoms with Crippen LogP contribution in [0.1, 0.15) is 15.9 Å². The van der Waals surface area contributed by atoms with E-state index >= 15 is 0 Å². The first-order valence-corrected chi connectivity index (χ1v) is 14.9. The Morgan fingerprint density at radius 1 is 1.10 bits per heavy atom. The molecule has 5 rings (SSSR count). The van der Waals surface area contributed by atoms with E-state index in [0.29, 0.717) is 30.2 Å². The van der Waals surface area contributed by atoms with Crippen molar-refractivity contribution in [2.45, 2.75) is 12.7 Å². The van der Waals surface area contributed by atoms with Gasteiger partial charge in [0.1, 0.15) is 35.8 Å². The van der Waals surface area contributed by atoms with Crippen LogP contribution in [0.4, 0.5) is 20.2 Å². The predicted octanol–water partition coefficient (Wildman–Crippen LogP) is 4.57. The van der Waals surface area contributed by atoms with Crippen LogP contribution in [0.3, 0.4) is 0 Å². The molecule has 1 saturated heterocycles. The number of aromatic nitrogens is 2. The Morgan fingerprint density at radius 2 is 1.81 bits per heavy atom. The van der Waals surface area contributed by atoms with Crippen molar-refractivity contribution in [3.63, 3.8) is 0 Å². The van der Waals surface area contributed by atoms with Crippen molar-refractivity contribution >= 4 is 38.9 Å². The molecule has 0 bridgehead atoms. The molecule has 2 aromatic carbocycles. The Labute approximate surface area is 245 Å². The Balaban J connectivity index is 1.41. The van der Waals surface area contributed by atoms with Crippen molar-refractivity contribution in [1.29, 1.82) is 0 Å². The third-order valence-corrected chi connectivity index (χ3v) is 6.98. The lowest BCUT2D eigenvalue weighted by molar-refractivity contribution is 0.102. The number of carbonyl (C=O) groups is 1. The minimum absolute atomic E-state index is 0.0206. The minimum atomic E-state index is -3.56. The van der Waals surface area contributed by atoms with Gasteiger partial charge in [-0.3, -0.25) is 9.52 Å². The second kappa shape index (κ2) is 12.0. The zero-order valence-corrected chi connectivity index (χ0v) is 24.0. The SMILES string of the molecule is Cn1cc(C(=O)Nc2cc(Cl)cc(NS(C)(=O)=O)c2)cc1-c1ncc(OC2CNC2)cc1OCc1cc(F)cc(F)c1. The Kier molecular flexibility index (Phi) is 8.34. The number of rotatable bonds is 10. The quantitative estimate of drug-likeness (QED) is 0.238. The van der Waals surface area contributed by atoms with E-state index in [1.165, 1.54) is 36.5 Å². The maximum absolute atomic E-state index is 13.7. The molecule has 0 radical (unpaired) electrons. The number of nitrogens with zero attached hydrogens (tertiary/aromatic N) is 2. The Bertz CT molecular complexity index is 1740. The lowest BCUT2D eigenvalue weighted by Gasteiger charge is -2.27. The van der Waals surface area contributed by atoms with Crippen LogP contribution in [-0.4, -0.2) is 49.3 Å². The smallest absolute Gasteiger partial charge is 0.257 e. The number of halogens is 3. The van der Waals surface area contributed by atoms with Gasteiger partial charge in [-0.1, -0.05) is 11.6 Å². The first kappa shape index (κ1) is 29.3. The van der Waals surface area contributed by atoms with Gasteiger partial charge in [-0.25, -0.2) is 22.2 Å². The summed E-state index contributed by atoms with van der Waals surface area (Å²) < 4.78 is 66.6. The summed E-state index contributed by atoms with van der Waals surface area (Å²) in [6.07, 6.45) is 4.11. The summed E-state index contributed by atoms with van der Waals surface area (Å²) in [5.41, 5.74) is 1.91. The standard InChI is InChI=1S/C28H26ClF2N5O5S/c1-36-14-17(28(37)34-21-6-18(29)7-22(9-21)35-42(2,38)39)5-25(36)27-26(10-23(13-33-27)41-24-11-32-12-24)40-15-16-3-19(30)8-20(31)4-16/h3-10,13-14,24,32,35H,11-12,15H2,1-2H3,(H,34,37). The van der Waals surface area contributed by atoms with E-state index < -0.39 is 27.6 Å². The highest BCUT2D eigenvalue weighted by Crippen LogP contribution is 2.34. The fourth-order valence-electron chi connectivity index (χ4n) is 4.25. The van der Waals surface area contributed by atoms with E-state index in [1.807, 2.05) is 0 Å². The first-order chi connectivity index (χ1) is 19.9. The lowest BCUT2D eigenvalue weighted by Crippen LogP contribution is -2.50. The average molecular weight is 618 g/mol. The number of anilines is 2. The van der Waals surface area contributed by atoms with Gasteiger partial charge < -0.3 is 24.7 Å². The maximum Gasteiger partial charge on any atom is 0.257 e. The summed E-state index contributed by atoms with van der Waals surface area (Å²) >= 11 is 6.12. The molecule has 220 valence electrons. The molecule has 10 nitrogen and oxygen atoms in total. The molecule has 1 aliphatic rings. The van der Waals surface area contributed by atoms with Crippen molar-refractivity contribution < 1.29 is 31.5 Å². The van der Waals surface area contributed by atoms with Crippen molar-refractivity contribution in [2.24, 2.45) is 7.05 Å². The molecule has 1 aliphatic heterocycles. The second-order valence-corrected chi connectivity index (χ2v) is 11.9. The van der Waals surface area contributed by atoms with Gasteiger partial charge in [0.2, 0.25) is 10.0 Å². The number of benzene rings is 2. The van der Waals surface area contributed by atoms with Gasteiger partial charge >= 0.3 is 0 Å². The van der Waals surface area contributed by atoms with Gasteiger partial charge in [0.15, 0.2) is 5.75 Å². The number of ether oxygens (including phenoxy) is 2. The first-order valence-electron chi connectivity index (χ1n) is 12.6. The highest BCUT2D eigenvalue weighted by molar-refractivity contribution is 7.92. The number of sulfonamides is 1. The highest BCUT2D eigenvalue weighted by atomic mass is 35.5. The molecule has 1 amide bonds. The van der Waals surface area contributed by atoms with E-state index in [1.54, 1.807) is 29.9 Å². The molecular formula is C28H26ClF2N5O5S. The normalized spacial score (nSPS) is 13.4. The third-order valence-electron chi connectivity index (χ3n) is 6.16. The van der Waals surface area contributed by atoms with E-state index in [4.69, 9.17) is 21.1 Å². The molecule has 42 heavy (non-hydrogen) atoms. The molecule has 14 heteroatoms. The fourth-order valence-corrected chi connectivity index (χ4v) is 5.03. The molecular weight excluding hydrogens is 592 g/mol. The van der Waals surface area contributed by atoms with Crippen molar-refractivity contribution in [1.82, 2.24) is 14.9 Å². The molecule has 3 N–H and O–H groups in total. The van der Waals surface area contributed by atoms with Crippen LogP contribution < -0.4 is 24.8 Å². The van der Waals surface area contributed by atoms with Crippen molar-refractivity contribution in [3.05, 3.63) is 88.7 Å². The van der Waals surface area contributed by atoms with Crippen molar-refractivity contribution in [3.8, 4) is 22.9 Å². The molecule has 0 unspecified atom stereocenters. The van der Waals surface area contributed by atoms with Crippen LogP contribution in [0.25, 0.3) is 11.4 Å². The van der Waals surface area contributed by atoms with Crippen LogP contribution in [0.5, 0.6) is 11.5 Å². The zero-order valence-electron chi connectivity index (χ0n) is 22.4. The summed E-state index contributed by atoms with van der Waals surface area (Å²) in [5.74, 6) is -1.20. The van der Waals surface area contributed by atoms with Gasteiger partial charge in [0, 0.05) is 49.2 Å². The Hall–Kier alpha value is -4.20. The number of aryl methyl sites for hydroxylation is 1. The molecule has 3 heterocycles. The number of amides is 1. The third kappa shape index (κ3) is 7.35. The largest absolute Gasteiger partial charge is 0.486 e. The Morgan fingerprint density at radius 3 is 2.48 bits per heavy atom. The van der Waals surface area contributed by atoms with Crippen LogP contribution in [0, 0.1) is 11.6 Å². The predicted molar refractivity (Wildman–Crippen MR) is 154 cm³/mol. The number of nitrogens with one attached hydrogen (secondary N) is 3. The summed E-state index contributed by atoms with van der Waals surface area (Å²) in [5, 5.41) is 6.05. The molecule has 0 saturated carbocycles. The molecule has 4 aromatic rings. The number of carbonyl (C=O) groups excluding carboxylic acids is 1. The van der Waals surface area contributed by atoms with Crippen LogP contribution >= 0.6 is 11.6 Å². The number of pyridine rings is 1.